The fraction of sp³-hybridized carbons (Fsp3) is 0.571. The molecule has 0 bridgehead atoms. The van der Waals surface area contributed by atoms with E-state index < -0.39 is 5.97 Å². The van der Waals surface area contributed by atoms with Crippen LogP contribution in [0.5, 0.6) is 5.88 Å². The first kappa shape index (κ1) is 19.9. The highest BCUT2D eigenvalue weighted by Gasteiger charge is 2.49. The van der Waals surface area contributed by atoms with Crippen LogP contribution in [0.2, 0.25) is 6.32 Å². The third kappa shape index (κ3) is 3.66. The zero-order valence-corrected chi connectivity index (χ0v) is 17.7. The molecule has 1 aromatic carbocycles. The summed E-state index contributed by atoms with van der Waals surface area (Å²) < 4.78 is 18.1. The van der Waals surface area contributed by atoms with E-state index >= 15 is 0 Å². The van der Waals surface area contributed by atoms with E-state index in [4.69, 9.17) is 9.39 Å². The molecular formula is C21H27BN2O5. The fourth-order valence-corrected chi connectivity index (χ4v) is 3.65. The molecule has 4 rings (SSSR count). The number of carbonyl (C=O) groups excluding carboxylic acids is 1. The molecule has 8 heteroatoms. The Labute approximate surface area is 170 Å². The summed E-state index contributed by atoms with van der Waals surface area (Å²) in [6.45, 7) is 8.34. The molecule has 0 unspecified atom stereocenters. The molecule has 29 heavy (non-hydrogen) atoms. The van der Waals surface area contributed by atoms with Gasteiger partial charge < -0.3 is 14.1 Å². The van der Waals surface area contributed by atoms with Crippen LogP contribution in [0.25, 0.3) is 10.8 Å². The number of aromatic nitrogens is 2. The molecule has 1 saturated heterocycles. The summed E-state index contributed by atoms with van der Waals surface area (Å²) in [6, 6.07) is 5.66. The largest absolute Gasteiger partial charge is 0.473 e. The van der Waals surface area contributed by atoms with Crippen molar-refractivity contribution in [2.75, 3.05) is 7.11 Å². The Bertz CT molecular complexity index is 1010. The summed E-state index contributed by atoms with van der Waals surface area (Å²) in [5.74, 6) is -0.152. The van der Waals surface area contributed by atoms with Crippen molar-refractivity contribution in [3.63, 3.8) is 0 Å². The zero-order chi connectivity index (χ0) is 21.0. The van der Waals surface area contributed by atoms with Crippen LogP contribution in [-0.2, 0) is 20.7 Å². The topological polar surface area (TPSA) is 79.7 Å². The highest BCUT2D eigenvalue weighted by Crippen LogP contribution is 2.45. The number of methoxy groups -OCH3 is 1. The molecule has 1 aliphatic carbocycles. The number of rotatable bonds is 5. The van der Waals surface area contributed by atoms with Gasteiger partial charge in [0.05, 0.1) is 23.5 Å². The van der Waals surface area contributed by atoms with E-state index in [1.54, 1.807) is 6.07 Å². The summed E-state index contributed by atoms with van der Waals surface area (Å²) in [7, 11) is 1.28. The van der Waals surface area contributed by atoms with E-state index in [-0.39, 0.29) is 36.1 Å². The monoisotopic (exact) mass is 398 g/mol. The molecule has 0 radical (unpaired) electrons. The molecule has 2 heterocycles. The van der Waals surface area contributed by atoms with Crippen molar-refractivity contribution in [1.29, 1.82) is 0 Å². The van der Waals surface area contributed by atoms with Crippen LogP contribution in [0, 0.1) is 5.41 Å². The first-order valence-electron chi connectivity index (χ1n) is 10.1. The molecule has 2 aromatic rings. The molecule has 1 saturated carbocycles. The highest BCUT2D eigenvalue weighted by atomic mass is 16.5. The lowest BCUT2D eigenvalue weighted by atomic mass is 9.54. The molecule has 1 aliphatic heterocycles. The Morgan fingerprint density at radius 2 is 2.00 bits per heavy atom. The van der Waals surface area contributed by atoms with E-state index in [1.165, 1.54) is 7.11 Å². The third-order valence-corrected chi connectivity index (χ3v) is 6.39. The van der Waals surface area contributed by atoms with Gasteiger partial charge in [0, 0.05) is 0 Å². The van der Waals surface area contributed by atoms with Crippen molar-refractivity contribution < 1.29 is 18.9 Å². The minimum absolute atomic E-state index is 0.0299. The maximum atomic E-state index is 12.9. The lowest BCUT2D eigenvalue weighted by Gasteiger charge is -2.34. The van der Waals surface area contributed by atoms with E-state index in [0.717, 1.165) is 29.3 Å². The predicted molar refractivity (Wildman–Crippen MR) is 111 cm³/mol. The van der Waals surface area contributed by atoms with Gasteiger partial charge in [-0.15, -0.1) is 5.10 Å². The maximum absolute atomic E-state index is 12.9. The summed E-state index contributed by atoms with van der Waals surface area (Å²) >= 11 is 0. The molecule has 7 nitrogen and oxygen atoms in total. The smallest absolute Gasteiger partial charge is 0.327 e. The quantitative estimate of drug-likeness (QED) is 0.567. The number of carbonyl (C=O) groups is 1. The number of esters is 1. The van der Waals surface area contributed by atoms with Gasteiger partial charge in [0.25, 0.3) is 5.56 Å². The van der Waals surface area contributed by atoms with E-state index in [9.17, 15) is 9.59 Å². The van der Waals surface area contributed by atoms with Gasteiger partial charge in [0.1, 0.15) is 12.6 Å². The molecule has 1 aromatic heterocycles. The molecular weight excluding hydrogens is 371 g/mol. The van der Waals surface area contributed by atoms with Crippen LogP contribution in [-0.4, -0.2) is 41.5 Å². The summed E-state index contributed by atoms with van der Waals surface area (Å²) in [5, 5.41) is 5.46. The van der Waals surface area contributed by atoms with Gasteiger partial charge >= 0.3 is 12.9 Å². The van der Waals surface area contributed by atoms with Crippen molar-refractivity contribution in [1.82, 2.24) is 9.78 Å². The summed E-state index contributed by atoms with van der Waals surface area (Å²) in [5.41, 5.74) is 0.446. The number of ether oxygens (including phenoxy) is 2. The minimum atomic E-state index is -0.531. The van der Waals surface area contributed by atoms with Gasteiger partial charge in [0.2, 0.25) is 5.88 Å². The van der Waals surface area contributed by atoms with Gasteiger partial charge in [-0.05, 0) is 50.0 Å². The summed E-state index contributed by atoms with van der Waals surface area (Å²) in [4.78, 5) is 24.6. The molecule has 0 spiro atoms. The van der Waals surface area contributed by atoms with Gasteiger partial charge in [-0.2, -0.15) is 0 Å². The number of benzene rings is 1. The Balaban J connectivity index is 1.78. The fourth-order valence-electron chi connectivity index (χ4n) is 3.65. The van der Waals surface area contributed by atoms with Gasteiger partial charge in [-0.3, -0.25) is 9.59 Å². The standard InChI is InChI=1S/C21H27BN2O5/c1-20(2)12-22(29-21(20,3)4)13-6-9-15-16(10-13)18(28-14-7-8-14)23-24(19(15)26)11-17(25)27-5/h6,9-10,14H,7-8,11-12H2,1-5H3. The second kappa shape index (κ2) is 6.87. The van der Waals surface area contributed by atoms with Crippen LogP contribution in [0.15, 0.2) is 23.0 Å². The van der Waals surface area contributed by atoms with Gasteiger partial charge in [0.15, 0.2) is 0 Å². The third-order valence-electron chi connectivity index (χ3n) is 6.39. The predicted octanol–water partition coefficient (Wildman–Crippen LogP) is 2.14. The molecule has 2 aliphatic rings. The van der Waals surface area contributed by atoms with Crippen LogP contribution in [0.4, 0.5) is 0 Å². The molecule has 2 fully saturated rings. The van der Waals surface area contributed by atoms with Crippen molar-refractivity contribution in [2.24, 2.45) is 5.41 Å². The SMILES string of the molecule is COC(=O)Cn1nc(OC2CC2)c2cc(B3CC(C)(C)C(C)(C)O3)ccc2c1=O. The van der Waals surface area contributed by atoms with Crippen LogP contribution < -0.4 is 15.8 Å². The minimum Gasteiger partial charge on any atom is -0.473 e. The van der Waals surface area contributed by atoms with Crippen molar-refractivity contribution in [2.45, 2.75) is 65.1 Å². The Morgan fingerprint density at radius 1 is 1.28 bits per heavy atom. The summed E-state index contributed by atoms with van der Waals surface area (Å²) in [6.07, 6.45) is 2.93. The first-order valence-corrected chi connectivity index (χ1v) is 10.1. The second-order valence-electron chi connectivity index (χ2n) is 9.17. The lowest BCUT2D eigenvalue weighted by molar-refractivity contribution is -0.141. The van der Waals surface area contributed by atoms with Crippen molar-refractivity contribution in [3.05, 3.63) is 28.6 Å². The average Bonchev–Trinajstić information content (AvgIpc) is 3.44. The molecule has 154 valence electrons. The van der Waals surface area contributed by atoms with Gasteiger partial charge in [-0.25, -0.2) is 4.68 Å². The molecule has 0 atom stereocenters. The van der Waals surface area contributed by atoms with E-state index in [0.29, 0.717) is 16.7 Å². The Kier molecular flexibility index (Phi) is 4.72. The van der Waals surface area contributed by atoms with E-state index in [1.807, 2.05) is 12.1 Å². The number of hydrogen-bond donors (Lipinski definition) is 0. The van der Waals surface area contributed by atoms with Crippen molar-refractivity contribution >= 4 is 29.1 Å². The zero-order valence-electron chi connectivity index (χ0n) is 17.7. The number of hydrogen-bond acceptors (Lipinski definition) is 6. The van der Waals surface area contributed by atoms with Gasteiger partial charge in [-0.1, -0.05) is 26.0 Å². The highest BCUT2D eigenvalue weighted by molar-refractivity contribution is 6.68. The maximum Gasteiger partial charge on any atom is 0.327 e. The normalized spacial score (nSPS) is 20.1. The first-order chi connectivity index (χ1) is 13.6. The Morgan fingerprint density at radius 3 is 2.59 bits per heavy atom. The lowest BCUT2D eigenvalue weighted by Crippen LogP contribution is -2.36. The molecule has 0 N–H and O–H groups in total. The molecule has 0 amide bonds. The second-order valence-corrected chi connectivity index (χ2v) is 9.17. The van der Waals surface area contributed by atoms with Crippen LogP contribution in [0.1, 0.15) is 40.5 Å². The van der Waals surface area contributed by atoms with Crippen molar-refractivity contribution in [3.8, 4) is 5.88 Å². The number of fused-ring (bicyclic) bond motifs is 1. The van der Waals surface area contributed by atoms with Crippen LogP contribution in [0.3, 0.4) is 0 Å². The average molecular weight is 398 g/mol. The van der Waals surface area contributed by atoms with E-state index in [2.05, 4.69) is 37.5 Å². The van der Waals surface area contributed by atoms with Crippen LogP contribution >= 0.6 is 0 Å². The Hall–Kier alpha value is -2.35. The number of nitrogens with zero attached hydrogens (tertiary/aromatic N) is 2.